The minimum atomic E-state index is -3.50. The van der Waals surface area contributed by atoms with Crippen molar-refractivity contribution < 1.29 is 13.2 Å². The second kappa shape index (κ2) is 8.31. The topological polar surface area (TPSA) is 66.5 Å². The van der Waals surface area contributed by atoms with Crippen molar-refractivity contribution in [1.82, 2.24) is 4.31 Å². The number of hydrogen-bond acceptors (Lipinski definition) is 4. The smallest absolute Gasteiger partial charge is 0.252 e. The fourth-order valence-corrected chi connectivity index (χ4v) is 6.39. The van der Waals surface area contributed by atoms with Crippen molar-refractivity contribution in [2.24, 2.45) is 11.8 Å². The Hall–Kier alpha value is -1.41. The molecule has 5 nitrogen and oxygen atoms in total. The lowest BCUT2D eigenvalue weighted by Gasteiger charge is -2.33. The number of benzene rings is 1. The Morgan fingerprint density at radius 1 is 1.19 bits per heavy atom. The summed E-state index contributed by atoms with van der Waals surface area (Å²) in [5, 5.41) is 2.95. The fraction of sp³-hybridized carbons (Fsp3) is 0.421. The van der Waals surface area contributed by atoms with Crippen LogP contribution in [0, 0.1) is 18.8 Å². The number of piperidine rings is 1. The van der Waals surface area contributed by atoms with Gasteiger partial charge in [0.1, 0.15) is 4.21 Å². The molecule has 2 aromatic rings. The fourth-order valence-electron chi connectivity index (χ4n) is 3.29. The molecule has 0 unspecified atom stereocenters. The molecule has 1 amide bonds. The highest BCUT2D eigenvalue weighted by atomic mass is 35.5. The summed E-state index contributed by atoms with van der Waals surface area (Å²) in [6, 6.07) is 10.8. The lowest BCUT2D eigenvalue weighted by Crippen LogP contribution is -2.41. The highest BCUT2D eigenvalue weighted by molar-refractivity contribution is 7.91. The van der Waals surface area contributed by atoms with E-state index in [1.54, 1.807) is 12.1 Å². The summed E-state index contributed by atoms with van der Waals surface area (Å²) >= 11 is 6.95. The molecular weight excluding hydrogens is 404 g/mol. The number of rotatable bonds is 5. The summed E-state index contributed by atoms with van der Waals surface area (Å²) in [6.45, 7) is 4.76. The van der Waals surface area contributed by atoms with Gasteiger partial charge in [0.05, 0.1) is 4.34 Å². The van der Waals surface area contributed by atoms with Crippen LogP contribution in [0.3, 0.4) is 0 Å². The maximum atomic E-state index is 12.7. The van der Waals surface area contributed by atoms with E-state index in [0.29, 0.717) is 30.3 Å². The molecule has 27 heavy (non-hydrogen) atoms. The summed E-state index contributed by atoms with van der Waals surface area (Å²) in [7, 11) is -3.50. The van der Waals surface area contributed by atoms with Gasteiger partial charge in [0, 0.05) is 24.7 Å². The first-order valence-electron chi connectivity index (χ1n) is 8.90. The maximum absolute atomic E-state index is 12.7. The Labute approximate surface area is 169 Å². The second-order valence-corrected chi connectivity index (χ2v) is 10.8. The molecule has 1 aromatic carbocycles. The van der Waals surface area contributed by atoms with E-state index in [9.17, 15) is 13.2 Å². The Morgan fingerprint density at radius 2 is 1.81 bits per heavy atom. The monoisotopic (exact) mass is 426 g/mol. The standard InChI is InChI=1S/C19H23ClN2O3S2/c1-13-3-5-16(6-4-13)21-19(23)14(2)15-9-11-22(12-10-15)27(24,25)18-8-7-17(20)26-18/h3-8,14-15H,9-12H2,1-2H3,(H,21,23)/t14-/m1/s1. The molecule has 0 radical (unpaired) electrons. The van der Waals surface area contributed by atoms with Crippen molar-refractivity contribution in [1.29, 1.82) is 0 Å². The van der Waals surface area contributed by atoms with Gasteiger partial charge >= 0.3 is 0 Å². The number of aryl methyl sites for hydroxylation is 1. The van der Waals surface area contributed by atoms with Gasteiger partial charge in [-0.15, -0.1) is 11.3 Å². The van der Waals surface area contributed by atoms with E-state index in [4.69, 9.17) is 11.6 Å². The Kier molecular flexibility index (Phi) is 6.25. The Balaban J connectivity index is 1.58. The Morgan fingerprint density at radius 3 is 2.37 bits per heavy atom. The molecule has 0 aliphatic carbocycles. The normalized spacial score (nSPS) is 17.6. The van der Waals surface area contributed by atoms with E-state index < -0.39 is 10.0 Å². The molecule has 1 aliphatic rings. The highest BCUT2D eigenvalue weighted by Gasteiger charge is 2.34. The SMILES string of the molecule is Cc1ccc(NC(=O)[C@H](C)C2CCN(S(=O)(=O)c3ccc(Cl)s3)CC2)cc1. The van der Waals surface area contributed by atoms with Crippen molar-refractivity contribution in [3.8, 4) is 0 Å². The summed E-state index contributed by atoms with van der Waals surface area (Å²) < 4.78 is 27.6. The quantitative estimate of drug-likeness (QED) is 0.771. The first kappa shape index (κ1) is 20.3. The lowest BCUT2D eigenvalue weighted by molar-refractivity contribution is -0.121. The number of amides is 1. The van der Waals surface area contributed by atoms with Crippen LogP contribution in [0.25, 0.3) is 0 Å². The number of anilines is 1. The third kappa shape index (κ3) is 4.71. The zero-order valence-corrected chi connectivity index (χ0v) is 17.7. The Bertz CT molecular complexity index is 901. The number of thiophene rings is 1. The molecule has 0 spiro atoms. The predicted molar refractivity (Wildman–Crippen MR) is 110 cm³/mol. The van der Waals surface area contributed by atoms with Crippen LogP contribution in [0.15, 0.2) is 40.6 Å². The lowest BCUT2D eigenvalue weighted by atomic mass is 9.85. The number of hydrogen-bond donors (Lipinski definition) is 1. The first-order chi connectivity index (χ1) is 12.8. The highest BCUT2D eigenvalue weighted by Crippen LogP contribution is 2.32. The van der Waals surface area contributed by atoms with Gasteiger partial charge in [-0.25, -0.2) is 8.42 Å². The van der Waals surface area contributed by atoms with Crippen molar-refractivity contribution in [2.45, 2.75) is 30.9 Å². The first-order valence-corrected chi connectivity index (χ1v) is 11.5. The molecule has 8 heteroatoms. The van der Waals surface area contributed by atoms with Crippen molar-refractivity contribution in [3.63, 3.8) is 0 Å². The van der Waals surface area contributed by atoms with E-state index in [2.05, 4.69) is 5.32 Å². The average Bonchev–Trinajstić information content (AvgIpc) is 3.10. The molecule has 1 N–H and O–H groups in total. The van der Waals surface area contributed by atoms with E-state index in [1.165, 1.54) is 4.31 Å². The number of carbonyl (C=O) groups is 1. The second-order valence-electron chi connectivity index (χ2n) is 6.94. The molecule has 1 saturated heterocycles. The van der Waals surface area contributed by atoms with Crippen LogP contribution < -0.4 is 5.32 Å². The van der Waals surface area contributed by atoms with Gasteiger partial charge in [0.25, 0.3) is 10.0 Å². The number of nitrogens with one attached hydrogen (secondary N) is 1. The van der Waals surface area contributed by atoms with E-state index in [1.807, 2.05) is 38.1 Å². The molecule has 1 atom stereocenters. The summed E-state index contributed by atoms with van der Waals surface area (Å²) in [4.78, 5) is 12.5. The molecule has 2 heterocycles. The minimum Gasteiger partial charge on any atom is -0.326 e. The van der Waals surface area contributed by atoms with Gasteiger partial charge in [0.2, 0.25) is 5.91 Å². The molecule has 1 aromatic heterocycles. The van der Waals surface area contributed by atoms with Crippen LogP contribution in [0.5, 0.6) is 0 Å². The van der Waals surface area contributed by atoms with E-state index in [0.717, 1.165) is 22.6 Å². The van der Waals surface area contributed by atoms with Gasteiger partial charge in [-0.05, 0) is 49.9 Å². The van der Waals surface area contributed by atoms with Crippen molar-refractivity contribution in [3.05, 3.63) is 46.3 Å². The van der Waals surface area contributed by atoms with Crippen LogP contribution in [-0.4, -0.2) is 31.7 Å². The molecule has 0 bridgehead atoms. The van der Waals surface area contributed by atoms with Gasteiger partial charge in [-0.3, -0.25) is 4.79 Å². The number of halogens is 1. The van der Waals surface area contributed by atoms with Gasteiger partial charge < -0.3 is 5.32 Å². The third-order valence-electron chi connectivity index (χ3n) is 5.08. The van der Waals surface area contributed by atoms with Crippen LogP contribution in [0.2, 0.25) is 4.34 Å². The van der Waals surface area contributed by atoms with Crippen LogP contribution >= 0.6 is 22.9 Å². The predicted octanol–water partition coefficient (Wildman–Crippen LogP) is 4.39. The number of sulfonamides is 1. The van der Waals surface area contributed by atoms with Gasteiger partial charge in [-0.1, -0.05) is 36.2 Å². The number of nitrogens with zero attached hydrogens (tertiary/aromatic N) is 1. The largest absolute Gasteiger partial charge is 0.326 e. The van der Waals surface area contributed by atoms with E-state index >= 15 is 0 Å². The van der Waals surface area contributed by atoms with Crippen molar-refractivity contribution >= 4 is 44.6 Å². The van der Waals surface area contributed by atoms with Crippen molar-refractivity contribution in [2.75, 3.05) is 18.4 Å². The summed E-state index contributed by atoms with van der Waals surface area (Å²) in [6.07, 6.45) is 1.33. The van der Waals surface area contributed by atoms with Crippen LogP contribution in [0.4, 0.5) is 5.69 Å². The minimum absolute atomic E-state index is 0.0230. The molecule has 1 aliphatic heterocycles. The molecule has 1 fully saturated rings. The molecule has 146 valence electrons. The van der Waals surface area contributed by atoms with Gasteiger partial charge in [-0.2, -0.15) is 4.31 Å². The summed E-state index contributed by atoms with van der Waals surface area (Å²) in [5.41, 5.74) is 1.92. The van der Waals surface area contributed by atoms with Crippen LogP contribution in [-0.2, 0) is 14.8 Å². The zero-order chi connectivity index (χ0) is 19.6. The molecule has 0 saturated carbocycles. The van der Waals surface area contributed by atoms with Gasteiger partial charge in [0.15, 0.2) is 0 Å². The third-order valence-corrected chi connectivity index (χ3v) is 8.68. The molecular formula is C19H23ClN2O3S2. The zero-order valence-electron chi connectivity index (χ0n) is 15.3. The average molecular weight is 427 g/mol. The van der Waals surface area contributed by atoms with E-state index in [-0.39, 0.29) is 22.0 Å². The maximum Gasteiger partial charge on any atom is 0.252 e. The van der Waals surface area contributed by atoms with Crippen LogP contribution in [0.1, 0.15) is 25.3 Å². The summed E-state index contributed by atoms with van der Waals surface area (Å²) in [5.74, 6) is -0.0358. The number of carbonyl (C=O) groups excluding carboxylic acids is 1. The molecule has 3 rings (SSSR count).